The van der Waals surface area contributed by atoms with Crippen LogP contribution in [0.25, 0.3) is 33.4 Å². The molecule has 0 atom stereocenters. The molecule has 0 fully saturated rings. The van der Waals surface area contributed by atoms with Gasteiger partial charge in [-0.25, -0.2) is 0 Å². The predicted molar refractivity (Wildman–Crippen MR) is 219 cm³/mol. The molecule has 1 aliphatic heterocycles. The highest BCUT2D eigenvalue weighted by molar-refractivity contribution is 7.99. The van der Waals surface area contributed by atoms with Crippen LogP contribution in [0.15, 0.2) is 125 Å². The molecule has 0 aliphatic carbocycles. The van der Waals surface area contributed by atoms with Crippen molar-refractivity contribution in [3.05, 3.63) is 132 Å². The molecule has 0 radical (unpaired) electrons. The summed E-state index contributed by atoms with van der Waals surface area (Å²) in [5.41, 5.74) is 12.3. The van der Waals surface area contributed by atoms with E-state index in [-0.39, 0.29) is 0 Å². The zero-order valence-corrected chi connectivity index (χ0v) is 31.4. The van der Waals surface area contributed by atoms with E-state index in [0.29, 0.717) is 0 Å². The Labute approximate surface area is 308 Å². The van der Waals surface area contributed by atoms with Crippen molar-refractivity contribution in [3.63, 3.8) is 0 Å². The van der Waals surface area contributed by atoms with Crippen molar-refractivity contribution in [2.45, 2.75) is 132 Å². The highest BCUT2D eigenvalue weighted by Crippen LogP contribution is 2.50. The number of unbranched alkanes of at least 4 members (excludes halogenated alkanes) is 15. The zero-order chi connectivity index (χ0) is 34.2. The van der Waals surface area contributed by atoms with E-state index in [0.717, 1.165) is 6.42 Å². The Balaban J connectivity index is 1.07. The van der Waals surface area contributed by atoms with E-state index < -0.39 is 0 Å². The lowest BCUT2D eigenvalue weighted by atomic mass is 9.82. The summed E-state index contributed by atoms with van der Waals surface area (Å²) in [7, 11) is 0. The first-order valence-electron chi connectivity index (χ1n) is 20.0. The molecule has 0 nitrogen and oxygen atoms in total. The largest absolute Gasteiger partial charge is 0.0895 e. The number of benzene rings is 5. The molecule has 0 saturated heterocycles. The lowest BCUT2D eigenvalue weighted by molar-refractivity contribution is 0.529. The monoisotopic (exact) mass is 678 g/mol. The van der Waals surface area contributed by atoms with Gasteiger partial charge in [-0.3, -0.25) is 0 Å². The van der Waals surface area contributed by atoms with Gasteiger partial charge in [-0.1, -0.05) is 218 Å². The van der Waals surface area contributed by atoms with E-state index in [4.69, 9.17) is 0 Å². The van der Waals surface area contributed by atoms with E-state index >= 15 is 0 Å². The van der Waals surface area contributed by atoms with Gasteiger partial charge in [0.1, 0.15) is 0 Å². The molecule has 50 heavy (non-hydrogen) atoms. The van der Waals surface area contributed by atoms with Crippen LogP contribution in [0.3, 0.4) is 0 Å². The summed E-state index contributed by atoms with van der Waals surface area (Å²) in [4.78, 5) is 2.76. The molecular weight excluding hydrogens is 621 g/mol. The van der Waals surface area contributed by atoms with Crippen LogP contribution in [0.4, 0.5) is 0 Å². The van der Waals surface area contributed by atoms with Crippen molar-refractivity contribution in [1.82, 2.24) is 0 Å². The molecule has 5 aromatic carbocycles. The van der Waals surface area contributed by atoms with Crippen LogP contribution >= 0.6 is 11.8 Å². The molecule has 0 bridgehead atoms. The molecule has 0 N–H and O–H groups in total. The molecule has 6 rings (SSSR count). The fourth-order valence-electron chi connectivity index (χ4n) is 7.81. The third-order valence-electron chi connectivity index (χ3n) is 10.7. The summed E-state index contributed by atoms with van der Waals surface area (Å²) < 4.78 is 0. The highest BCUT2D eigenvalue weighted by Gasteiger charge is 2.25. The van der Waals surface area contributed by atoms with Gasteiger partial charge in [0.05, 0.1) is 0 Å². The predicted octanol–water partition coefficient (Wildman–Crippen LogP) is 15.5. The standard InChI is InChI=1S/C49H58S/c1-2-3-4-5-6-7-8-9-10-11-12-13-14-15-16-19-26-39-33-35-42(36-34-39)49-45-37-43-31-24-25-32-46(43)50-47(45)38-44(40-27-20-17-21-28-40)48(49)41-29-22-18-23-30-41/h17-18,20-25,27-36,38H,2-16,19,26,37H2,1H3. The summed E-state index contributed by atoms with van der Waals surface area (Å²) in [6, 6.07) is 43.1. The fraction of sp³-hybridized carbons (Fsp3) is 0.388. The highest BCUT2D eigenvalue weighted by atomic mass is 32.2. The van der Waals surface area contributed by atoms with Gasteiger partial charge < -0.3 is 0 Å². The maximum Gasteiger partial charge on any atom is 0.0170 e. The van der Waals surface area contributed by atoms with Crippen LogP contribution in [0.5, 0.6) is 0 Å². The molecule has 0 aromatic heterocycles. The Hall–Kier alpha value is -3.55. The SMILES string of the molecule is CCCCCCCCCCCCCCCCCCc1ccc(-c2c3c(cc(-c4ccccc4)c2-c2ccccc2)Sc2ccccc2C3)cc1. The number of rotatable bonds is 20. The van der Waals surface area contributed by atoms with Crippen LogP contribution in [0, 0.1) is 0 Å². The first-order chi connectivity index (χ1) is 24.8. The van der Waals surface area contributed by atoms with E-state index in [9.17, 15) is 0 Å². The lowest BCUT2D eigenvalue weighted by Crippen LogP contribution is -2.05. The summed E-state index contributed by atoms with van der Waals surface area (Å²) in [5, 5.41) is 0. The average molecular weight is 679 g/mol. The van der Waals surface area contributed by atoms with Gasteiger partial charge in [0.2, 0.25) is 0 Å². The first kappa shape index (κ1) is 36.2. The molecule has 1 heterocycles. The zero-order valence-electron chi connectivity index (χ0n) is 30.6. The van der Waals surface area contributed by atoms with Crippen molar-refractivity contribution >= 4 is 11.8 Å². The van der Waals surface area contributed by atoms with E-state index in [1.165, 1.54) is 169 Å². The molecular formula is C49H58S. The number of hydrogen-bond acceptors (Lipinski definition) is 1. The molecule has 0 amide bonds. The van der Waals surface area contributed by atoms with Gasteiger partial charge in [0, 0.05) is 16.2 Å². The molecule has 0 unspecified atom stereocenters. The molecule has 1 aliphatic rings. The molecule has 5 aromatic rings. The second kappa shape index (κ2) is 19.7. The molecule has 0 spiro atoms. The van der Waals surface area contributed by atoms with Gasteiger partial charge in [-0.2, -0.15) is 0 Å². The van der Waals surface area contributed by atoms with E-state index in [2.05, 4.69) is 122 Å². The molecule has 1 heteroatoms. The van der Waals surface area contributed by atoms with Crippen molar-refractivity contribution in [2.24, 2.45) is 0 Å². The Morgan fingerprint density at radius 1 is 0.440 bits per heavy atom. The Morgan fingerprint density at radius 3 is 1.54 bits per heavy atom. The van der Waals surface area contributed by atoms with Crippen LogP contribution in [-0.2, 0) is 12.8 Å². The fourth-order valence-corrected chi connectivity index (χ4v) is 8.94. The third-order valence-corrected chi connectivity index (χ3v) is 11.9. The first-order valence-corrected chi connectivity index (χ1v) is 20.8. The van der Waals surface area contributed by atoms with Crippen LogP contribution in [0.1, 0.15) is 126 Å². The summed E-state index contributed by atoms with van der Waals surface area (Å²) in [5.74, 6) is 0. The van der Waals surface area contributed by atoms with Crippen LogP contribution < -0.4 is 0 Å². The van der Waals surface area contributed by atoms with E-state index in [1.807, 2.05) is 11.8 Å². The minimum atomic E-state index is 0.962. The quantitative estimate of drug-likeness (QED) is 0.0724. The normalized spacial score (nSPS) is 12.1. The van der Waals surface area contributed by atoms with Crippen molar-refractivity contribution < 1.29 is 0 Å². The number of fused-ring (bicyclic) bond motifs is 2. The lowest BCUT2D eigenvalue weighted by Gasteiger charge is -2.27. The minimum Gasteiger partial charge on any atom is -0.0895 e. The average Bonchev–Trinajstić information content (AvgIpc) is 3.17. The maximum absolute atomic E-state index is 2.46. The number of hydrogen-bond donors (Lipinski definition) is 0. The van der Waals surface area contributed by atoms with Gasteiger partial charge in [0.25, 0.3) is 0 Å². The molecule has 260 valence electrons. The van der Waals surface area contributed by atoms with Crippen LogP contribution in [0.2, 0.25) is 0 Å². The van der Waals surface area contributed by atoms with Crippen LogP contribution in [-0.4, -0.2) is 0 Å². The number of aryl methyl sites for hydroxylation is 1. The van der Waals surface area contributed by atoms with Gasteiger partial charge in [-0.05, 0) is 75.0 Å². The van der Waals surface area contributed by atoms with Crippen molar-refractivity contribution in [1.29, 1.82) is 0 Å². The Morgan fingerprint density at radius 2 is 0.940 bits per heavy atom. The van der Waals surface area contributed by atoms with Crippen molar-refractivity contribution in [2.75, 3.05) is 0 Å². The Kier molecular flexibility index (Phi) is 14.3. The van der Waals surface area contributed by atoms with Gasteiger partial charge in [0.15, 0.2) is 0 Å². The van der Waals surface area contributed by atoms with Gasteiger partial charge in [-0.15, -0.1) is 0 Å². The second-order valence-electron chi connectivity index (χ2n) is 14.5. The van der Waals surface area contributed by atoms with Gasteiger partial charge >= 0.3 is 0 Å². The minimum absolute atomic E-state index is 0.962. The molecule has 0 saturated carbocycles. The maximum atomic E-state index is 2.46. The van der Waals surface area contributed by atoms with Crippen molar-refractivity contribution in [3.8, 4) is 33.4 Å². The summed E-state index contributed by atoms with van der Waals surface area (Å²) in [6.07, 6.45) is 24.8. The van der Waals surface area contributed by atoms with E-state index in [1.54, 1.807) is 0 Å². The summed E-state index contributed by atoms with van der Waals surface area (Å²) >= 11 is 1.94. The third kappa shape index (κ3) is 10.0. The smallest absolute Gasteiger partial charge is 0.0170 e. The Bertz CT molecular complexity index is 1720. The summed E-state index contributed by atoms with van der Waals surface area (Å²) in [6.45, 7) is 2.30. The second-order valence-corrected chi connectivity index (χ2v) is 15.6. The topological polar surface area (TPSA) is 0 Å².